The molecule has 0 radical (unpaired) electrons. The zero-order valence-electron chi connectivity index (χ0n) is 13.2. The van der Waals surface area contributed by atoms with Crippen LogP contribution in [0.5, 0.6) is 0 Å². The number of pyridine rings is 1. The lowest BCUT2D eigenvalue weighted by molar-refractivity contribution is 0.102. The second kappa shape index (κ2) is 7.27. The van der Waals surface area contributed by atoms with E-state index in [-0.39, 0.29) is 11.1 Å². The highest BCUT2D eigenvalue weighted by Gasteiger charge is 2.18. The molecule has 2 heterocycles. The van der Waals surface area contributed by atoms with E-state index in [1.165, 1.54) is 0 Å². The minimum Gasteiger partial charge on any atom is -0.319 e. The lowest BCUT2D eigenvalue weighted by Gasteiger charge is -2.10. The van der Waals surface area contributed by atoms with Crippen molar-refractivity contribution < 1.29 is 4.79 Å². The molecule has 0 bridgehead atoms. The van der Waals surface area contributed by atoms with E-state index in [2.05, 4.69) is 22.3 Å². The summed E-state index contributed by atoms with van der Waals surface area (Å²) in [5.41, 5.74) is 2.83. The molecule has 0 saturated heterocycles. The zero-order valence-corrected chi connectivity index (χ0v) is 14.0. The quantitative estimate of drug-likeness (QED) is 0.710. The molecule has 0 atom stereocenters. The number of hydrogen-bond acceptors (Lipinski definition) is 3. The lowest BCUT2D eigenvalue weighted by Crippen LogP contribution is -2.15. The fourth-order valence-corrected chi connectivity index (χ4v) is 2.67. The summed E-state index contributed by atoms with van der Waals surface area (Å²) < 4.78 is 1.81. The Morgan fingerprint density at radius 3 is 2.71 bits per heavy atom. The molecule has 0 fully saturated rings. The van der Waals surface area contributed by atoms with Crippen LogP contribution in [0.2, 0.25) is 5.15 Å². The van der Waals surface area contributed by atoms with Crippen LogP contribution in [0.3, 0.4) is 0 Å². The SMILES string of the molecule is CCCc1c(C(=O)Nc2cccnc2Cl)cnn1-c1ccccc1. The molecule has 122 valence electrons. The number of benzene rings is 1. The predicted octanol–water partition coefficient (Wildman–Crippen LogP) is 4.13. The van der Waals surface area contributed by atoms with Gasteiger partial charge in [-0.2, -0.15) is 5.10 Å². The Balaban J connectivity index is 1.94. The molecule has 0 spiro atoms. The Morgan fingerprint density at radius 1 is 1.21 bits per heavy atom. The highest BCUT2D eigenvalue weighted by atomic mass is 35.5. The number of halogens is 1. The number of carbonyl (C=O) groups excluding carboxylic acids is 1. The van der Waals surface area contributed by atoms with Crippen molar-refractivity contribution in [1.82, 2.24) is 14.8 Å². The van der Waals surface area contributed by atoms with Gasteiger partial charge in [-0.25, -0.2) is 9.67 Å². The monoisotopic (exact) mass is 340 g/mol. The number of anilines is 1. The number of rotatable bonds is 5. The van der Waals surface area contributed by atoms with Gasteiger partial charge in [-0.1, -0.05) is 43.1 Å². The van der Waals surface area contributed by atoms with E-state index in [1.54, 1.807) is 24.5 Å². The molecule has 0 aliphatic rings. The van der Waals surface area contributed by atoms with E-state index in [4.69, 9.17) is 11.6 Å². The van der Waals surface area contributed by atoms with Gasteiger partial charge in [0.15, 0.2) is 5.15 Å². The minimum absolute atomic E-state index is 0.240. The van der Waals surface area contributed by atoms with Crippen LogP contribution >= 0.6 is 11.6 Å². The third kappa shape index (κ3) is 3.31. The molecular formula is C18H17ClN4O. The number of para-hydroxylation sites is 1. The van der Waals surface area contributed by atoms with E-state index in [1.807, 2.05) is 35.0 Å². The summed E-state index contributed by atoms with van der Waals surface area (Å²) in [6.07, 6.45) is 4.83. The summed E-state index contributed by atoms with van der Waals surface area (Å²) in [7, 11) is 0. The normalized spacial score (nSPS) is 10.6. The molecule has 0 unspecified atom stereocenters. The Labute approximate surface area is 145 Å². The molecule has 3 rings (SSSR count). The summed E-state index contributed by atoms with van der Waals surface area (Å²) in [5, 5.41) is 7.46. The lowest BCUT2D eigenvalue weighted by atomic mass is 10.1. The van der Waals surface area contributed by atoms with Crippen molar-refractivity contribution in [1.29, 1.82) is 0 Å². The molecule has 0 saturated carbocycles. The fourth-order valence-electron chi connectivity index (χ4n) is 2.50. The zero-order chi connectivity index (χ0) is 16.9. The second-order valence-electron chi connectivity index (χ2n) is 5.30. The van der Waals surface area contributed by atoms with Gasteiger partial charge in [0.2, 0.25) is 0 Å². The van der Waals surface area contributed by atoms with Crippen LogP contribution in [0, 0.1) is 0 Å². The van der Waals surface area contributed by atoms with Gasteiger partial charge in [-0.15, -0.1) is 0 Å². The first-order valence-corrected chi connectivity index (χ1v) is 8.12. The fraction of sp³-hybridized carbons (Fsp3) is 0.167. The van der Waals surface area contributed by atoms with Crippen molar-refractivity contribution in [3.63, 3.8) is 0 Å². The molecule has 6 heteroatoms. The molecule has 1 amide bonds. The van der Waals surface area contributed by atoms with E-state index in [0.29, 0.717) is 11.3 Å². The van der Waals surface area contributed by atoms with Crippen LogP contribution in [0.4, 0.5) is 5.69 Å². The van der Waals surface area contributed by atoms with Gasteiger partial charge >= 0.3 is 0 Å². The van der Waals surface area contributed by atoms with Crippen molar-refractivity contribution in [2.45, 2.75) is 19.8 Å². The molecule has 0 aliphatic carbocycles. The van der Waals surface area contributed by atoms with Crippen molar-refractivity contribution in [3.05, 3.63) is 71.3 Å². The van der Waals surface area contributed by atoms with Crippen molar-refractivity contribution in [2.75, 3.05) is 5.32 Å². The summed E-state index contributed by atoms with van der Waals surface area (Å²) in [4.78, 5) is 16.6. The van der Waals surface area contributed by atoms with Gasteiger partial charge in [0, 0.05) is 6.20 Å². The molecule has 1 N–H and O–H groups in total. The molecule has 3 aromatic rings. The number of carbonyl (C=O) groups is 1. The third-order valence-electron chi connectivity index (χ3n) is 3.61. The Morgan fingerprint density at radius 2 is 2.00 bits per heavy atom. The van der Waals surface area contributed by atoms with E-state index >= 15 is 0 Å². The average Bonchev–Trinajstić information content (AvgIpc) is 3.02. The third-order valence-corrected chi connectivity index (χ3v) is 3.91. The summed E-state index contributed by atoms with van der Waals surface area (Å²) in [5.74, 6) is -0.240. The highest BCUT2D eigenvalue weighted by Crippen LogP contribution is 2.21. The van der Waals surface area contributed by atoms with Crippen LogP contribution in [0.25, 0.3) is 5.69 Å². The van der Waals surface area contributed by atoms with Crippen LogP contribution in [-0.4, -0.2) is 20.7 Å². The van der Waals surface area contributed by atoms with Gasteiger partial charge in [0.05, 0.1) is 28.8 Å². The average molecular weight is 341 g/mol. The number of nitrogens with one attached hydrogen (secondary N) is 1. The first kappa shape index (κ1) is 16.2. The van der Waals surface area contributed by atoms with Gasteiger partial charge < -0.3 is 5.32 Å². The van der Waals surface area contributed by atoms with Crippen LogP contribution < -0.4 is 5.32 Å². The smallest absolute Gasteiger partial charge is 0.259 e. The molecule has 24 heavy (non-hydrogen) atoms. The maximum absolute atomic E-state index is 12.7. The predicted molar refractivity (Wildman–Crippen MR) is 94.8 cm³/mol. The van der Waals surface area contributed by atoms with E-state index in [9.17, 15) is 4.79 Å². The molecule has 0 aliphatic heterocycles. The van der Waals surface area contributed by atoms with Gasteiger partial charge in [0.1, 0.15) is 0 Å². The molecule has 2 aromatic heterocycles. The van der Waals surface area contributed by atoms with Gasteiger partial charge in [-0.3, -0.25) is 4.79 Å². The second-order valence-corrected chi connectivity index (χ2v) is 5.66. The van der Waals surface area contributed by atoms with Crippen molar-refractivity contribution >= 4 is 23.2 Å². The minimum atomic E-state index is -0.240. The van der Waals surface area contributed by atoms with Crippen LogP contribution in [0.15, 0.2) is 54.9 Å². The van der Waals surface area contributed by atoms with Crippen molar-refractivity contribution in [2.24, 2.45) is 0 Å². The van der Waals surface area contributed by atoms with E-state index < -0.39 is 0 Å². The topological polar surface area (TPSA) is 59.8 Å². The van der Waals surface area contributed by atoms with Gasteiger partial charge in [0.25, 0.3) is 5.91 Å². The number of aromatic nitrogens is 3. The maximum atomic E-state index is 12.7. The Kier molecular flexibility index (Phi) is 4.91. The highest BCUT2D eigenvalue weighted by molar-refractivity contribution is 6.32. The van der Waals surface area contributed by atoms with Crippen LogP contribution in [0.1, 0.15) is 29.4 Å². The standard InChI is InChI=1S/C18H17ClN4O/c1-2-7-16-14(12-21-23(16)13-8-4-3-5-9-13)18(24)22-15-10-6-11-20-17(15)19/h3-6,8-12H,2,7H2,1H3,(H,22,24). The number of hydrogen-bond donors (Lipinski definition) is 1. The Hall–Kier alpha value is -2.66. The first-order valence-electron chi connectivity index (χ1n) is 7.75. The van der Waals surface area contributed by atoms with Crippen molar-refractivity contribution in [3.8, 4) is 5.69 Å². The van der Waals surface area contributed by atoms with Gasteiger partial charge in [-0.05, 0) is 30.7 Å². The number of nitrogens with zero attached hydrogens (tertiary/aromatic N) is 3. The van der Waals surface area contributed by atoms with Crippen LogP contribution in [-0.2, 0) is 6.42 Å². The summed E-state index contributed by atoms with van der Waals surface area (Å²) >= 11 is 6.01. The molecule has 1 aromatic carbocycles. The largest absolute Gasteiger partial charge is 0.319 e. The first-order chi connectivity index (χ1) is 11.7. The molecule has 5 nitrogen and oxygen atoms in total. The summed E-state index contributed by atoms with van der Waals surface area (Å²) in [6, 6.07) is 13.2. The Bertz CT molecular complexity index is 845. The van der Waals surface area contributed by atoms with E-state index in [0.717, 1.165) is 24.2 Å². The molecular weight excluding hydrogens is 324 g/mol. The summed E-state index contributed by atoms with van der Waals surface area (Å²) in [6.45, 7) is 2.07. The maximum Gasteiger partial charge on any atom is 0.259 e. The number of amides is 1.